The summed E-state index contributed by atoms with van der Waals surface area (Å²) in [5.74, 6) is -0.238. The van der Waals surface area contributed by atoms with Crippen LogP contribution in [-0.4, -0.2) is 27.5 Å². The van der Waals surface area contributed by atoms with Gasteiger partial charge in [0.25, 0.3) is 10.0 Å². The lowest BCUT2D eigenvalue weighted by Crippen LogP contribution is -2.42. The van der Waals surface area contributed by atoms with Crippen molar-refractivity contribution in [3.8, 4) is 5.75 Å². The monoisotopic (exact) mass is 404 g/mol. The number of anilines is 2. The van der Waals surface area contributed by atoms with Gasteiger partial charge in [0, 0.05) is 12.6 Å². The van der Waals surface area contributed by atoms with E-state index in [0.717, 1.165) is 12.1 Å². The van der Waals surface area contributed by atoms with E-state index in [1.165, 1.54) is 18.2 Å². The topological polar surface area (TPSA) is 75.7 Å². The van der Waals surface area contributed by atoms with Crippen LogP contribution >= 0.6 is 0 Å². The van der Waals surface area contributed by atoms with Crippen LogP contribution in [0.2, 0.25) is 0 Å². The lowest BCUT2D eigenvalue weighted by atomic mass is 9.93. The first kappa shape index (κ1) is 19.9. The van der Waals surface area contributed by atoms with Crippen LogP contribution in [0.1, 0.15) is 13.8 Å². The Hall–Kier alpha value is -2.87. The smallest absolute Gasteiger partial charge is 0.261 e. The summed E-state index contributed by atoms with van der Waals surface area (Å²) in [6.45, 7) is 7.73. The van der Waals surface area contributed by atoms with E-state index in [2.05, 4.69) is 11.3 Å². The Balaban J connectivity index is 1.95. The minimum absolute atomic E-state index is 0.0608. The van der Waals surface area contributed by atoms with Crippen molar-refractivity contribution in [2.75, 3.05) is 22.8 Å². The van der Waals surface area contributed by atoms with E-state index in [0.29, 0.717) is 18.0 Å². The van der Waals surface area contributed by atoms with E-state index in [1.54, 1.807) is 37.0 Å². The Morgan fingerprint density at radius 3 is 2.57 bits per heavy atom. The van der Waals surface area contributed by atoms with Gasteiger partial charge in [-0.1, -0.05) is 6.08 Å². The fourth-order valence-corrected chi connectivity index (χ4v) is 3.90. The zero-order valence-electron chi connectivity index (χ0n) is 15.6. The summed E-state index contributed by atoms with van der Waals surface area (Å²) in [5, 5.41) is 0. The van der Waals surface area contributed by atoms with Gasteiger partial charge in [-0.3, -0.25) is 9.52 Å². The second-order valence-electron chi connectivity index (χ2n) is 7.12. The third-order valence-electron chi connectivity index (χ3n) is 4.35. The van der Waals surface area contributed by atoms with Gasteiger partial charge in [-0.15, -0.1) is 6.58 Å². The number of carbonyl (C=O) groups is 1. The summed E-state index contributed by atoms with van der Waals surface area (Å²) in [7, 11) is -3.89. The molecule has 28 heavy (non-hydrogen) atoms. The zero-order valence-corrected chi connectivity index (χ0v) is 16.4. The van der Waals surface area contributed by atoms with Crippen molar-refractivity contribution >= 4 is 27.3 Å². The minimum atomic E-state index is -3.89. The average Bonchev–Trinajstić information content (AvgIpc) is 2.72. The summed E-state index contributed by atoms with van der Waals surface area (Å²) >= 11 is 0. The molecule has 2 aromatic carbocycles. The molecule has 1 aliphatic heterocycles. The Labute approximate surface area is 163 Å². The number of ether oxygens (including phenoxy) is 1. The van der Waals surface area contributed by atoms with Crippen LogP contribution in [0.25, 0.3) is 0 Å². The number of fused-ring (bicyclic) bond motifs is 1. The average molecular weight is 404 g/mol. The molecule has 0 aliphatic carbocycles. The maximum Gasteiger partial charge on any atom is 0.261 e. The summed E-state index contributed by atoms with van der Waals surface area (Å²) < 4.78 is 46.3. The number of benzene rings is 2. The molecular formula is C20H21FN2O4S. The standard InChI is InChI=1S/C20H21FN2O4S/c1-4-11-23-17-10-7-15(12-18(17)27-13-20(2,3)19(23)24)22-28(25,26)16-8-5-14(21)6-9-16/h4-10,12,22H,1,11,13H2,2-3H3. The number of hydrogen-bond donors (Lipinski definition) is 1. The number of nitrogens with one attached hydrogen (secondary N) is 1. The van der Waals surface area contributed by atoms with Crippen molar-refractivity contribution in [3.63, 3.8) is 0 Å². The van der Waals surface area contributed by atoms with Gasteiger partial charge in [-0.2, -0.15) is 0 Å². The molecule has 2 aromatic rings. The molecule has 0 atom stereocenters. The molecule has 8 heteroatoms. The molecule has 0 radical (unpaired) electrons. The van der Waals surface area contributed by atoms with Crippen molar-refractivity contribution in [2.45, 2.75) is 18.7 Å². The van der Waals surface area contributed by atoms with Crippen molar-refractivity contribution in [2.24, 2.45) is 5.41 Å². The number of carbonyl (C=O) groups excluding carboxylic acids is 1. The second-order valence-corrected chi connectivity index (χ2v) is 8.80. The molecule has 0 spiro atoms. The first-order chi connectivity index (χ1) is 13.1. The van der Waals surface area contributed by atoms with Crippen LogP contribution in [0.3, 0.4) is 0 Å². The molecule has 1 heterocycles. The van der Waals surface area contributed by atoms with E-state index in [1.807, 2.05) is 0 Å². The predicted molar refractivity (Wildman–Crippen MR) is 105 cm³/mol. The number of rotatable bonds is 5. The van der Waals surface area contributed by atoms with Gasteiger partial charge in [0.15, 0.2) is 0 Å². The summed E-state index contributed by atoms with van der Waals surface area (Å²) in [4.78, 5) is 14.3. The molecule has 1 amide bonds. The molecular weight excluding hydrogens is 383 g/mol. The highest BCUT2D eigenvalue weighted by atomic mass is 32.2. The molecule has 0 unspecified atom stereocenters. The number of halogens is 1. The van der Waals surface area contributed by atoms with Crippen LogP contribution in [0, 0.1) is 11.2 Å². The Kier molecular flexibility index (Phi) is 5.16. The normalized spacial score (nSPS) is 16.0. The zero-order chi connectivity index (χ0) is 20.5. The first-order valence-electron chi connectivity index (χ1n) is 8.62. The van der Waals surface area contributed by atoms with Crippen molar-refractivity contribution < 1.29 is 22.3 Å². The SMILES string of the molecule is C=CCN1C(=O)C(C)(C)COc2cc(NS(=O)(=O)c3ccc(F)cc3)ccc21. The Bertz CT molecular complexity index is 1020. The fraction of sp³-hybridized carbons (Fsp3) is 0.250. The van der Waals surface area contributed by atoms with Gasteiger partial charge in [0.2, 0.25) is 5.91 Å². The molecule has 1 N–H and O–H groups in total. The van der Waals surface area contributed by atoms with Gasteiger partial charge in [-0.05, 0) is 50.2 Å². The maximum atomic E-state index is 13.1. The summed E-state index contributed by atoms with van der Waals surface area (Å²) in [6, 6.07) is 9.23. The van der Waals surface area contributed by atoms with E-state index in [9.17, 15) is 17.6 Å². The highest BCUT2D eigenvalue weighted by Gasteiger charge is 2.37. The summed E-state index contributed by atoms with van der Waals surface area (Å²) in [5.41, 5.74) is 0.0736. The third-order valence-corrected chi connectivity index (χ3v) is 5.75. The minimum Gasteiger partial charge on any atom is -0.490 e. The number of sulfonamides is 1. The molecule has 148 valence electrons. The van der Waals surface area contributed by atoms with Gasteiger partial charge in [0.1, 0.15) is 18.2 Å². The predicted octanol–water partition coefficient (Wildman–Crippen LogP) is 3.56. The van der Waals surface area contributed by atoms with Crippen LogP contribution in [0.5, 0.6) is 5.75 Å². The summed E-state index contributed by atoms with van der Waals surface area (Å²) in [6.07, 6.45) is 1.62. The van der Waals surface area contributed by atoms with Crippen LogP contribution in [0.4, 0.5) is 15.8 Å². The van der Waals surface area contributed by atoms with E-state index >= 15 is 0 Å². The van der Waals surface area contributed by atoms with Crippen LogP contribution < -0.4 is 14.4 Å². The van der Waals surface area contributed by atoms with Crippen LogP contribution in [-0.2, 0) is 14.8 Å². The van der Waals surface area contributed by atoms with E-state index in [-0.39, 0.29) is 23.1 Å². The second kappa shape index (κ2) is 7.27. The van der Waals surface area contributed by atoms with Crippen molar-refractivity contribution in [1.82, 2.24) is 0 Å². The Morgan fingerprint density at radius 1 is 1.25 bits per heavy atom. The third kappa shape index (κ3) is 3.87. The van der Waals surface area contributed by atoms with Gasteiger partial charge >= 0.3 is 0 Å². The molecule has 1 aliphatic rings. The lowest BCUT2D eigenvalue weighted by Gasteiger charge is -2.27. The first-order valence-corrected chi connectivity index (χ1v) is 10.1. The van der Waals surface area contributed by atoms with Crippen molar-refractivity contribution in [3.05, 3.63) is 60.9 Å². The van der Waals surface area contributed by atoms with Gasteiger partial charge in [-0.25, -0.2) is 12.8 Å². The van der Waals surface area contributed by atoms with E-state index in [4.69, 9.17) is 4.74 Å². The number of nitrogens with zero attached hydrogens (tertiary/aromatic N) is 1. The molecule has 0 aromatic heterocycles. The fourth-order valence-electron chi connectivity index (χ4n) is 2.85. The van der Waals surface area contributed by atoms with E-state index < -0.39 is 21.3 Å². The lowest BCUT2D eigenvalue weighted by molar-refractivity contribution is -0.127. The molecule has 0 fully saturated rings. The highest BCUT2D eigenvalue weighted by Crippen LogP contribution is 2.38. The molecule has 6 nitrogen and oxygen atoms in total. The Morgan fingerprint density at radius 2 is 1.93 bits per heavy atom. The van der Waals surface area contributed by atoms with Crippen molar-refractivity contribution in [1.29, 1.82) is 0 Å². The quantitative estimate of drug-likeness (QED) is 0.773. The maximum absolute atomic E-state index is 13.1. The van der Waals surface area contributed by atoms with Gasteiger partial charge in [0.05, 0.1) is 21.7 Å². The molecule has 3 rings (SSSR count). The highest BCUT2D eigenvalue weighted by molar-refractivity contribution is 7.92. The number of hydrogen-bond acceptors (Lipinski definition) is 4. The van der Waals surface area contributed by atoms with Gasteiger partial charge < -0.3 is 9.64 Å². The molecule has 0 bridgehead atoms. The number of amides is 1. The molecule has 0 saturated heterocycles. The largest absolute Gasteiger partial charge is 0.490 e. The van der Waals surface area contributed by atoms with Crippen LogP contribution in [0.15, 0.2) is 60.0 Å². The molecule has 0 saturated carbocycles.